The minimum Gasteiger partial charge on any atom is -0.319 e. The topological polar surface area (TPSA) is 49.4 Å². The van der Waals surface area contributed by atoms with Gasteiger partial charge in [0.05, 0.1) is 6.54 Å². The van der Waals surface area contributed by atoms with Crippen LogP contribution in [0.2, 0.25) is 0 Å². The molecule has 1 saturated heterocycles. The lowest BCUT2D eigenvalue weighted by Crippen LogP contribution is -2.41. The van der Waals surface area contributed by atoms with E-state index < -0.39 is 5.54 Å². The minimum atomic E-state index is -0.864. The van der Waals surface area contributed by atoms with E-state index in [0.717, 1.165) is 28.7 Å². The average molecular weight is 306 g/mol. The summed E-state index contributed by atoms with van der Waals surface area (Å²) in [6.07, 6.45) is 1.46. The van der Waals surface area contributed by atoms with E-state index in [1.54, 1.807) is 0 Å². The van der Waals surface area contributed by atoms with Crippen LogP contribution in [0.15, 0.2) is 48.5 Å². The molecule has 4 rings (SSSR count). The summed E-state index contributed by atoms with van der Waals surface area (Å²) >= 11 is 0. The number of imide groups is 1. The third kappa shape index (κ3) is 2.05. The number of fused-ring (bicyclic) bond motifs is 2. The molecule has 0 radical (unpaired) electrons. The van der Waals surface area contributed by atoms with Crippen molar-refractivity contribution >= 4 is 11.9 Å². The number of hydrogen-bond donors (Lipinski definition) is 1. The maximum Gasteiger partial charge on any atom is 0.325 e. The summed E-state index contributed by atoms with van der Waals surface area (Å²) < 4.78 is 0. The van der Waals surface area contributed by atoms with Crippen LogP contribution in [0.4, 0.5) is 4.79 Å². The van der Waals surface area contributed by atoms with E-state index in [4.69, 9.17) is 0 Å². The van der Waals surface area contributed by atoms with Gasteiger partial charge in [0.2, 0.25) is 0 Å². The third-order valence-electron chi connectivity index (χ3n) is 4.85. The van der Waals surface area contributed by atoms with Gasteiger partial charge in [-0.3, -0.25) is 9.69 Å². The highest BCUT2D eigenvalue weighted by atomic mass is 16.2. The fraction of sp³-hybridized carbons (Fsp3) is 0.263. The molecule has 2 aromatic carbocycles. The van der Waals surface area contributed by atoms with Crippen molar-refractivity contribution < 1.29 is 9.59 Å². The first-order valence-electron chi connectivity index (χ1n) is 7.88. The van der Waals surface area contributed by atoms with Crippen molar-refractivity contribution in [1.29, 1.82) is 0 Å². The second-order valence-electron chi connectivity index (χ2n) is 6.37. The van der Waals surface area contributed by atoms with Crippen molar-refractivity contribution in [3.8, 4) is 0 Å². The number of hydrogen-bond acceptors (Lipinski definition) is 2. The van der Waals surface area contributed by atoms with Crippen molar-refractivity contribution in [1.82, 2.24) is 10.2 Å². The predicted molar refractivity (Wildman–Crippen MR) is 86.7 cm³/mol. The smallest absolute Gasteiger partial charge is 0.319 e. The maximum atomic E-state index is 13.0. The molecule has 4 nitrogen and oxygen atoms in total. The van der Waals surface area contributed by atoms with Crippen LogP contribution in [0.25, 0.3) is 0 Å². The SMILES string of the molecule is Cc1cccc(CN2C(=O)N[C@]3(CCc4ccccc43)C2=O)c1. The van der Waals surface area contributed by atoms with Gasteiger partial charge in [0.15, 0.2) is 0 Å². The summed E-state index contributed by atoms with van der Waals surface area (Å²) in [4.78, 5) is 26.8. The molecule has 1 spiro atoms. The highest BCUT2D eigenvalue weighted by Crippen LogP contribution is 2.41. The highest BCUT2D eigenvalue weighted by molar-refractivity contribution is 6.08. The van der Waals surface area contributed by atoms with Crippen molar-refractivity contribution in [2.75, 3.05) is 0 Å². The standard InChI is InChI=1S/C19H18N2O2/c1-13-5-4-6-14(11-13)12-21-17(22)19(20-18(21)23)10-9-15-7-2-3-8-16(15)19/h2-8,11H,9-10,12H2,1H3,(H,20,23)/t19-/m0/s1. The number of rotatable bonds is 2. The monoisotopic (exact) mass is 306 g/mol. The molecule has 116 valence electrons. The fourth-order valence-electron chi connectivity index (χ4n) is 3.73. The Morgan fingerprint density at radius 3 is 2.78 bits per heavy atom. The van der Waals surface area contributed by atoms with Crippen LogP contribution < -0.4 is 5.32 Å². The molecule has 1 aliphatic heterocycles. The zero-order valence-corrected chi connectivity index (χ0v) is 13.0. The molecule has 0 bridgehead atoms. The third-order valence-corrected chi connectivity index (χ3v) is 4.85. The van der Waals surface area contributed by atoms with Crippen molar-refractivity contribution in [2.45, 2.75) is 31.8 Å². The van der Waals surface area contributed by atoms with Gasteiger partial charge in [0.25, 0.3) is 5.91 Å². The fourth-order valence-corrected chi connectivity index (χ4v) is 3.73. The van der Waals surface area contributed by atoms with E-state index in [2.05, 4.69) is 5.32 Å². The van der Waals surface area contributed by atoms with E-state index in [9.17, 15) is 9.59 Å². The van der Waals surface area contributed by atoms with Gasteiger partial charge in [0.1, 0.15) is 5.54 Å². The molecule has 0 unspecified atom stereocenters. The first-order valence-corrected chi connectivity index (χ1v) is 7.88. The molecular weight excluding hydrogens is 288 g/mol. The molecule has 1 N–H and O–H groups in total. The van der Waals surface area contributed by atoms with E-state index in [1.165, 1.54) is 4.90 Å². The molecule has 3 amide bonds. The minimum absolute atomic E-state index is 0.131. The van der Waals surface area contributed by atoms with E-state index in [-0.39, 0.29) is 11.9 Å². The Kier molecular flexibility index (Phi) is 3.01. The van der Waals surface area contributed by atoms with Crippen molar-refractivity contribution in [3.63, 3.8) is 0 Å². The number of carbonyl (C=O) groups is 2. The first kappa shape index (κ1) is 14.0. The number of nitrogens with zero attached hydrogens (tertiary/aromatic N) is 1. The van der Waals surface area contributed by atoms with Gasteiger partial charge in [-0.25, -0.2) is 4.79 Å². The van der Waals surface area contributed by atoms with Crippen LogP contribution in [0.1, 0.15) is 28.7 Å². The van der Waals surface area contributed by atoms with E-state index >= 15 is 0 Å². The van der Waals surface area contributed by atoms with Crippen LogP contribution >= 0.6 is 0 Å². The van der Waals surface area contributed by atoms with Crippen LogP contribution in [0, 0.1) is 6.92 Å². The largest absolute Gasteiger partial charge is 0.325 e. The Labute approximate surface area is 135 Å². The number of amides is 3. The lowest BCUT2D eigenvalue weighted by molar-refractivity contribution is -0.132. The Hall–Kier alpha value is -2.62. The van der Waals surface area contributed by atoms with Gasteiger partial charge in [-0.05, 0) is 36.5 Å². The number of aryl methyl sites for hydroxylation is 2. The summed E-state index contributed by atoms with van der Waals surface area (Å²) in [5.41, 5.74) is 3.33. The Morgan fingerprint density at radius 2 is 1.96 bits per heavy atom. The quantitative estimate of drug-likeness (QED) is 0.867. The van der Waals surface area contributed by atoms with Crippen LogP contribution in [-0.4, -0.2) is 16.8 Å². The first-order chi connectivity index (χ1) is 11.1. The van der Waals surface area contributed by atoms with Crippen molar-refractivity contribution in [2.24, 2.45) is 0 Å². The summed E-state index contributed by atoms with van der Waals surface area (Å²) in [6.45, 7) is 2.32. The Bertz CT molecular complexity index is 815. The molecule has 1 aliphatic carbocycles. The van der Waals surface area contributed by atoms with Crippen LogP contribution in [0.5, 0.6) is 0 Å². The molecule has 0 aromatic heterocycles. The molecule has 0 saturated carbocycles. The zero-order chi connectivity index (χ0) is 16.0. The van der Waals surface area contributed by atoms with Crippen LogP contribution in [-0.2, 0) is 23.3 Å². The number of benzene rings is 2. The average Bonchev–Trinajstić information content (AvgIpc) is 3.02. The van der Waals surface area contributed by atoms with Gasteiger partial charge in [0, 0.05) is 0 Å². The molecule has 1 heterocycles. The molecular formula is C19H18N2O2. The molecule has 2 aromatic rings. The van der Waals surface area contributed by atoms with E-state index in [1.807, 2.05) is 55.5 Å². The second kappa shape index (κ2) is 4.95. The Balaban J connectivity index is 1.68. The normalized spacial score (nSPS) is 22.6. The molecule has 2 aliphatic rings. The second-order valence-corrected chi connectivity index (χ2v) is 6.37. The highest BCUT2D eigenvalue weighted by Gasteiger charge is 2.55. The van der Waals surface area contributed by atoms with Crippen LogP contribution in [0.3, 0.4) is 0 Å². The van der Waals surface area contributed by atoms with Gasteiger partial charge < -0.3 is 5.32 Å². The predicted octanol–water partition coefficient (Wildman–Crippen LogP) is 2.89. The Morgan fingerprint density at radius 1 is 1.13 bits per heavy atom. The summed E-state index contributed by atoms with van der Waals surface area (Å²) in [5.74, 6) is -0.131. The zero-order valence-electron chi connectivity index (χ0n) is 13.0. The molecule has 23 heavy (non-hydrogen) atoms. The summed E-state index contributed by atoms with van der Waals surface area (Å²) in [6, 6.07) is 15.5. The molecule has 4 heteroatoms. The summed E-state index contributed by atoms with van der Waals surface area (Å²) in [5, 5.41) is 2.96. The molecule has 1 atom stereocenters. The van der Waals surface area contributed by atoms with Gasteiger partial charge in [-0.1, -0.05) is 54.1 Å². The number of urea groups is 1. The van der Waals surface area contributed by atoms with Gasteiger partial charge >= 0.3 is 6.03 Å². The molecule has 1 fully saturated rings. The lowest BCUT2D eigenvalue weighted by Gasteiger charge is -2.22. The lowest BCUT2D eigenvalue weighted by atomic mass is 9.92. The number of nitrogens with one attached hydrogen (secondary N) is 1. The van der Waals surface area contributed by atoms with Gasteiger partial charge in [-0.15, -0.1) is 0 Å². The maximum absolute atomic E-state index is 13.0. The van der Waals surface area contributed by atoms with Crippen molar-refractivity contribution in [3.05, 3.63) is 70.8 Å². The van der Waals surface area contributed by atoms with Gasteiger partial charge in [-0.2, -0.15) is 0 Å². The number of carbonyl (C=O) groups excluding carboxylic acids is 2. The summed E-state index contributed by atoms with van der Waals surface area (Å²) in [7, 11) is 0. The van der Waals surface area contributed by atoms with E-state index in [0.29, 0.717) is 13.0 Å².